The summed E-state index contributed by atoms with van der Waals surface area (Å²) in [5, 5.41) is 13.7. The molecule has 2 heterocycles. The van der Waals surface area contributed by atoms with Gasteiger partial charge in [0.2, 0.25) is 11.8 Å². The molecule has 0 aliphatic carbocycles. The van der Waals surface area contributed by atoms with Crippen molar-refractivity contribution in [2.24, 2.45) is 5.41 Å². The van der Waals surface area contributed by atoms with Crippen molar-refractivity contribution in [3.63, 3.8) is 0 Å². The van der Waals surface area contributed by atoms with E-state index in [2.05, 4.69) is 5.32 Å². The molecule has 1 aromatic rings. The normalized spacial score (nSPS) is 17.0. The van der Waals surface area contributed by atoms with E-state index in [0.29, 0.717) is 32.4 Å². The zero-order valence-electron chi connectivity index (χ0n) is 17.8. The number of amides is 4. The third-order valence-corrected chi connectivity index (χ3v) is 5.36. The minimum atomic E-state index is -0.721. The van der Waals surface area contributed by atoms with Crippen LogP contribution in [0.1, 0.15) is 60.7 Å². The maximum Gasteiger partial charge on any atom is 0.270 e. The van der Waals surface area contributed by atoms with Crippen LogP contribution in [0, 0.1) is 15.5 Å². The van der Waals surface area contributed by atoms with Crippen LogP contribution in [0.3, 0.4) is 0 Å². The summed E-state index contributed by atoms with van der Waals surface area (Å²) in [7, 11) is 0. The summed E-state index contributed by atoms with van der Waals surface area (Å²) >= 11 is 0. The Balaban J connectivity index is 1.54. The number of carbonyl (C=O) groups excluding carboxylic acids is 4. The van der Waals surface area contributed by atoms with Crippen LogP contribution >= 0.6 is 0 Å². The standard InChI is InChI=1S/C21H26N4O6/c1-21(2,3)11-18(27)23-8-6-13(7-9-23)22-17(26)12-24-19(28)15-5-4-14(25(30)31)10-16(15)20(24)29/h4-5,10,13H,6-9,11-12H2,1-3H3,(H,22,26). The van der Waals surface area contributed by atoms with Gasteiger partial charge < -0.3 is 10.2 Å². The predicted molar refractivity (Wildman–Crippen MR) is 110 cm³/mol. The Morgan fingerprint density at radius 1 is 1.13 bits per heavy atom. The lowest BCUT2D eigenvalue weighted by Crippen LogP contribution is -2.49. The number of rotatable bonds is 5. The first-order chi connectivity index (χ1) is 14.5. The number of fused-ring (bicyclic) bond motifs is 1. The second-order valence-corrected chi connectivity index (χ2v) is 9.14. The largest absolute Gasteiger partial charge is 0.352 e. The van der Waals surface area contributed by atoms with E-state index < -0.39 is 29.2 Å². The van der Waals surface area contributed by atoms with Gasteiger partial charge in [0, 0.05) is 37.7 Å². The number of carbonyl (C=O) groups is 4. The number of nitro benzene ring substituents is 1. The molecule has 1 fully saturated rings. The lowest BCUT2D eigenvalue weighted by Gasteiger charge is -2.34. The Bertz CT molecular complexity index is 944. The van der Waals surface area contributed by atoms with Crippen molar-refractivity contribution in [2.75, 3.05) is 19.6 Å². The van der Waals surface area contributed by atoms with Gasteiger partial charge in [0.1, 0.15) is 6.54 Å². The van der Waals surface area contributed by atoms with Crippen LogP contribution in [0.4, 0.5) is 5.69 Å². The van der Waals surface area contributed by atoms with Gasteiger partial charge in [-0.3, -0.25) is 34.2 Å². The number of non-ortho nitro benzene ring substituents is 1. The van der Waals surface area contributed by atoms with E-state index in [1.54, 1.807) is 4.90 Å². The van der Waals surface area contributed by atoms with E-state index in [4.69, 9.17) is 0 Å². The maximum atomic E-state index is 12.5. The molecule has 0 unspecified atom stereocenters. The molecule has 31 heavy (non-hydrogen) atoms. The van der Waals surface area contributed by atoms with Crippen molar-refractivity contribution < 1.29 is 24.1 Å². The Morgan fingerprint density at radius 3 is 2.32 bits per heavy atom. The summed E-state index contributed by atoms with van der Waals surface area (Å²) in [6, 6.07) is 3.29. The van der Waals surface area contributed by atoms with Gasteiger partial charge in [0.15, 0.2) is 0 Å². The van der Waals surface area contributed by atoms with Gasteiger partial charge in [-0.05, 0) is 24.3 Å². The highest BCUT2D eigenvalue weighted by Gasteiger charge is 2.38. The highest BCUT2D eigenvalue weighted by atomic mass is 16.6. The van der Waals surface area contributed by atoms with Gasteiger partial charge in [-0.15, -0.1) is 0 Å². The van der Waals surface area contributed by atoms with Crippen LogP contribution in [0.5, 0.6) is 0 Å². The van der Waals surface area contributed by atoms with Crippen molar-refractivity contribution in [3.8, 4) is 0 Å². The summed E-state index contributed by atoms with van der Waals surface area (Å²) in [5.74, 6) is -1.75. The number of benzene rings is 1. The summed E-state index contributed by atoms with van der Waals surface area (Å²) in [5.41, 5.74) is -0.402. The summed E-state index contributed by atoms with van der Waals surface area (Å²) in [6.45, 7) is 6.65. The number of imide groups is 1. The van der Waals surface area contributed by atoms with Gasteiger partial charge in [-0.2, -0.15) is 0 Å². The molecule has 2 aliphatic rings. The highest BCUT2D eigenvalue weighted by molar-refractivity contribution is 6.22. The second-order valence-electron chi connectivity index (χ2n) is 9.14. The zero-order valence-corrected chi connectivity index (χ0v) is 17.8. The fourth-order valence-electron chi connectivity index (χ4n) is 3.79. The molecule has 1 N–H and O–H groups in total. The van der Waals surface area contributed by atoms with Crippen molar-refractivity contribution in [1.82, 2.24) is 15.1 Å². The van der Waals surface area contributed by atoms with Crippen LogP contribution in [0.15, 0.2) is 18.2 Å². The SMILES string of the molecule is CC(C)(C)CC(=O)N1CCC(NC(=O)CN2C(=O)c3ccc([N+](=O)[O-])cc3C2=O)CC1. The Morgan fingerprint density at radius 2 is 1.74 bits per heavy atom. The topological polar surface area (TPSA) is 130 Å². The van der Waals surface area contributed by atoms with Gasteiger partial charge in [-0.1, -0.05) is 20.8 Å². The zero-order chi connectivity index (χ0) is 22.9. The minimum absolute atomic E-state index is 0.0501. The molecule has 0 aromatic heterocycles. The Hall–Kier alpha value is -3.30. The highest BCUT2D eigenvalue weighted by Crippen LogP contribution is 2.27. The molecule has 4 amide bonds. The van der Waals surface area contributed by atoms with Crippen LogP contribution < -0.4 is 5.32 Å². The lowest BCUT2D eigenvalue weighted by atomic mass is 9.91. The molecule has 10 nitrogen and oxygen atoms in total. The van der Waals surface area contributed by atoms with Crippen LogP contribution in [0.25, 0.3) is 0 Å². The quantitative estimate of drug-likeness (QED) is 0.430. The number of likely N-dealkylation sites (tertiary alicyclic amines) is 1. The minimum Gasteiger partial charge on any atom is -0.352 e. The number of piperidine rings is 1. The maximum absolute atomic E-state index is 12.5. The first-order valence-corrected chi connectivity index (χ1v) is 10.2. The average Bonchev–Trinajstić information content (AvgIpc) is 2.91. The first kappa shape index (κ1) is 22.4. The van der Waals surface area contributed by atoms with Gasteiger partial charge in [0.25, 0.3) is 17.5 Å². The number of nitro groups is 1. The average molecular weight is 430 g/mol. The van der Waals surface area contributed by atoms with Crippen molar-refractivity contribution >= 4 is 29.3 Å². The second kappa shape index (κ2) is 8.44. The predicted octanol–water partition coefficient (Wildman–Crippen LogP) is 1.73. The van der Waals surface area contributed by atoms with Gasteiger partial charge in [0.05, 0.1) is 16.1 Å². The van der Waals surface area contributed by atoms with E-state index in [0.717, 1.165) is 17.0 Å². The summed E-state index contributed by atoms with van der Waals surface area (Å²) in [4.78, 5) is 62.6. The molecule has 0 atom stereocenters. The monoisotopic (exact) mass is 430 g/mol. The third kappa shape index (κ3) is 5.07. The number of nitrogens with one attached hydrogen (secondary N) is 1. The molecule has 1 saturated heterocycles. The van der Waals surface area contributed by atoms with Crippen LogP contribution in [-0.2, 0) is 9.59 Å². The Kier molecular flexibility index (Phi) is 6.10. The van der Waals surface area contributed by atoms with E-state index in [9.17, 15) is 29.3 Å². The van der Waals surface area contributed by atoms with E-state index in [-0.39, 0.29) is 34.2 Å². The fourth-order valence-corrected chi connectivity index (χ4v) is 3.79. The molecule has 3 rings (SSSR count). The number of hydrogen-bond donors (Lipinski definition) is 1. The summed E-state index contributed by atoms with van der Waals surface area (Å²) in [6.07, 6.45) is 1.65. The van der Waals surface area contributed by atoms with Gasteiger partial charge >= 0.3 is 0 Å². The molecule has 0 spiro atoms. The smallest absolute Gasteiger partial charge is 0.270 e. The molecule has 1 aromatic carbocycles. The van der Waals surface area contributed by atoms with Crippen LogP contribution in [-0.4, -0.2) is 64.0 Å². The molecular formula is C21H26N4O6. The van der Waals surface area contributed by atoms with Gasteiger partial charge in [-0.25, -0.2) is 0 Å². The molecule has 0 bridgehead atoms. The van der Waals surface area contributed by atoms with Crippen molar-refractivity contribution in [2.45, 2.75) is 46.1 Å². The molecule has 0 saturated carbocycles. The third-order valence-electron chi connectivity index (χ3n) is 5.36. The number of nitrogens with zero attached hydrogens (tertiary/aromatic N) is 3. The molecule has 166 valence electrons. The molecular weight excluding hydrogens is 404 g/mol. The lowest BCUT2D eigenvalue weighted by molar-refractivity contribution is -0.384. The fraction of sp³-hybridized carbons (Fsp3) is 0.524. The number of hydrogen-bond acceptors (Lipinski definition) is 6. The molecule has 2 aliphatic heterocycles. The molecule has 0 radical (unpaired) electrons. The van der Waals surface area contributed by atoms with Crippen molar-refractivity contribution in [1.29, 1.82) is 0 Å². The van der Waals surface area contributed by atoms with Crippen molar-refractivity contribution in [3.05, 3.63) is 39.4 Å². The summed E-state index contributed by atoms with van der Waals surface area (Å²) < 4.78 is 0. The molecule has 10 heteroatoms. The van der Waals surface area contributed by atoms with Crippen LogP contribution in [0.2, 0.25) is 0 Å². The van der Waals surface area contributed by atoms with E-state index in [1.165, 1.54) is 6.07 Å². The first-order valence-electron chi connectivity index (χ1n) is 10.2. The van der Waals surface area contributed by atoms with E-state index >= 15 is 0 Å². The Labute approximate surface area is 179 Å². The van der Waals surface area contributed by atoms with E-state index in [1.807, 2.05) is 20.8 Å².